The van der Waals surface area contributed by atoms with E-state index in [-0.39, 0.29) is 17.5 Å². The number of carbonyl (C=O) groups is 1. The van der Waals surface area contributed by atoms with Gasteiger partial charge < -0.3 is 19.5 Å². The second kappa shape index (κ2) is 7.89. The molecule has 0 aliphatic carbocycles. The van der Waals surface area contributed by atoms with Crippen molar-refractivity contribution in [1.82, 2.24) is 9.88 Å². The molecule has 0 saturated carbocycles. The Bertz CT molecular complexity index is 1050. The van der Waals surface area contributed by atoms with E-state index in [1.54, 1.807) is 23.1 Å². The lowest BCUT2D eigenvalue weighted by atomic mass is 10.2. The zero-order valence-electron chi connectivity index (χ0n) is 15.9. The molecule has 1 saturated heterocycles. The number of rotatable bonds is 3. The third-order valence-corrected chi connectivity index (χ3v) is 5.03. The highest BCUT2D eigenvalue weighted by Crippen LogP contribution is 2.27. The molecule has 0 unspecified atom stereocenters. The van der Waals surface area contributed by atoms with Crippen LogP contribution in [-0.4, -0.2) is 48.3 Å². The minimum absolute atomic E-state index is 0.217. The van der Waals surface area contributed by atoms with Gasteiger partial charge in [0.1, 0.15) is 17.3 Å². The molecule has 5 nitrogen and oxygen atoms in total. The fourth-order valence-electron chi connectivity index (χ4n) is 3.62. The van der Waals surface area contributed by atoms with Gasteiger partial charge in [-0.05, 0) is 48.9 Å². The lowest BCUT2D eigenvalue weighted by molar-refractivity contribution is -0.274. The molecule has 1 amide bonds. The number of carbonyl (C=O) groups excluding carboxylic acids is 1. The average molecular weight is 421 g/mol. The average Bonchev–Trinajstić information content (AvgIpc) is 2.95. The minimum Gasteiger partial charge on any atom is -0.406 e. The molecular weight excluding hydrogens is 402 g/mol. The van der Waals surface area contributed by atoms with Crippen molar-refractivity contribution in [3.05, 3.63) is 60.0 Å². The molecule has 0 atom stereocenters. The Hall–Kier alpha value is -3.23. The number of halogens is 4. The predicted octanol–water partition coefficient (Wildman–Crippen LogP) is 4.56. The molecule has 3 aromatic rings. The zero-order valence-corrected chi connectivity index (χ0v) is 15.9. The van der Waals surface area contributed by atoms with E-state index >= 15 is 0 Å². The molecule has 4 rings (SSSR count). The van der Waals surface area contributed by atoms with E-state index in [1.165, 1.54) is 30.3 Å². The van der Waals surface area contributed by atoms with Gasteiger partial charge in [0, 0.05) is 48.8 Å². The van der Waals surface area contributed by atoms with Gasteiger partial charge in [-0.15, -0.1) is 13.2 Å². The first-order valence-electron chi connectivity index (χ1n) is 9.47. The summed E-state index contributed by atoms with van der Waals surface area (Å²) in [5.41, 5.74) is 1.60. The molecule has 1 aliphatic heterocycles. The number of nitrogens with zero attached hydrogens (tertiary/aromatic N) is 2. The maximum absolute atomic E-state index is 13.1. The van der Waals surface area contributed by atoms with Gasteiger partial charge in [-0.25, -0.2) is 4.39 Å². The SMILES string of the molecule is O=C(c1cc2ccc(OC(F)(F)F)cc2[nH]1)N1CCCN(c2ccc(F)cc2)CC1. The molecule has 2 heterocycles. The molecule has 1 aliphatic rings. The standard InChI is InChI=1S/C21H19F4N3O2/c22-15-3-5-16(6-4-15)27-8-1-9-28(11-10-27)20(29)19-12-14-2-7-17(13-18(14)26-19)30-21(23,24)25/h2-7,12-13,26H,1,8-11H2. The molecule has 9 heteroatoms. The van der Waals surface area contributed by atoms with Crippen LogP contribution >= 0.6 is 0 Å². The fourth-order valence-corrected chi connectivity index (χ4v) is 3.62. The Morgan fingerprint density at radius 2 is 1.73 bits per heavy atom. The number of anilines is 1. The van der Waals surface area contributed by atoms with Crippen molar-refractivity contribution in [2.75, 3.05) is 31.1 Å². The number of aromatic nitrogens is 1. The highest BCUT2D eigenvalue weighted by atomic mass is 19.4. The van der Waals surface area contributed by atoms with Gasteiger partial charge in [0.2, 0.25) is 0 Å². The summed E-state index contributed by atoms with van der Waals surface area (Å²) in [7, 11) is 0. The molecule has 1 aromatic heterocycles. The van der Waals surface area contributed by atoms with Crippen molar-refractivity contribution in [3.63, 3.8) is 0 Å². The fraction of sp³-hybridized carbons (Fsp3) is 0.286. The molecule has 0 bridgehead atoms. The molecular formula is C21H19F4N3O2. The van der Waals surface area contributed by atoms with Crippen LogP contribution in [0.1, 0.15) is 16.9 Å². The second-order valence-corrected chi connectivity index (χ2v) is 7.09. The predicted molar refractivity (Wildman–Crippen MR) is 104 cm³/mol. The number of benzene rings is 2. The quantitative estimate of drug-likeness (QED) is 0.631. The molecule has 2 aromatic carbocycles. The van der Waals surface area contributed by atoms with Crippen LogP contribution in [0.25, 0.3) is 10.9 Å². The number of fused-ring (bicyclic) bond motifs is 1. The van der Waals surface area contributed by atoms with E-state index in [4.69, 9.17) is 0 Å². The highest BCUT2D eigenvalue weighted by Gasteiger charge is 2.31. The van der Waals surface area contributed by atoms with Crippen molar-refractivity contribution in [3.8, 4) is 5.75 Å². The maximum Gasteiger partial charge on any atom is 0.573 e. The summed E-state index contributed by atoms with van der Waals surface area (Å²) in [6, 6.07) is 11.8. The number of hydrogen-bond donors (Lipinski definition) is 1. The van der Waals surface area contributed by atoms with Crippen LogP contribution in [0, 0.1) is 5.82 Å². The van der Waals surface area contributed by atoms with E-state index in [9.17, 15) is 22.4 Å². The van der Waals surface area contributed by atoms with Gasteiger partial charge in [-0.3, -0.25) is 4.79 Å². The Morgan fingerprint density at radius 3 is 2.47 bits per heavy atom. The number of ether oxygens (including phenoxy) is 1. The first-order valence-corrected chi connectivity index (χ1v) is 9.47. The smallest absolute Gasteiger partial charge is 0.406 e. The number of H-pyrrole nitrogens is 1. The number of alkyl halides is 3. The number of hydrogen-bond acceptors (Lipinski definition) is 3. The van der Waals surface area contributed by atoms with Gasteiger partial charge in [0.15, 0.2) is 0 Å². The minimum atomic E-state index is -4.78. The normalized spacial score (nSPS) is 15.3. The summed E-state index contributed by atoms with van der Waals surface area (Å²) in [5.74, 6) is -0.862. The lowest BCUT2D eigenvalue weighted by Gasteiger charge is -2.23. The summed E-state index contributed by atoms with van der Waals surface area (Å²) in [5, 5.41) is 0.621. The first-order chi connectivity index (χ1) is 14.3. The summed E-state index contributed by atoms with van der Waals surface area (Å²) < 4.78 is 54.3. The zero-order chi connectivity index (χ0) is 21.3. The van der Waals surface area contributed by atoms with Crippen LogP contribution in [0.3, 0.4) is 0 Å². The topological polar surface area (TPSA) is 48.6 Å². The summed E-state index contributed by atoms with van der Waals surface area (Å²) in [6.07, 6.45) is -4.03. The summed E-state index contributed by atoms with van der Waals surface area (Å²) >= 11 is 0. The Labute approximate surface area is 169 Å². The number of nitrogens with one attached hydrogen (secondary N) is 1. The van der Waals surface area contributed by atoms with E-state index < -0.39 is 6.36 Å². The van der Waals surface area contributed by atoms with Gasteiger partial charge >= 0.3 is 6.36 Å². The van der Waals surface area contributed by atoms with E-state index in [0.717, 1.165) is 18.7 Å². The largest absolute Gasteiger partial charge is 0.573 e. The molecule has 1 N–H and O–H groups in total. The number of aromatic amines is 1. The summed E-state index contributed by atoms with van der Waals surface area (Å²) in [6.45, 7) is 2.36. The van der Waals surface area contributed by atoms with E-state index in [1.807, 2.05) is 0 Å². The van der Waals surface area contributed by atoms with E-state index in [2.05, 4.69) is 14.6 Å². The second-order valence-electron chi connectivity index (χ2n) is 7.09. The van der Waals surface area contributed by atoms with Crippen LogP contribution in [0.15, 0.2) is 48.5 Å². The Balaban J connectivity index is 1.47. The molecule has 158 valence electrons. The van der Waals surface area contributed by atoms with Crippen molar-refractivity contribution in [1.29, 1.82) is 0 Å². The van der Waals surface area contributed by atoms with Crippen LogP contribution in [0.4, 0.5) is 23.2 Å². The van der Waals surface area contributed by atoms with Crippen molar-refractivity contribution < 1.29 is 27.1 Å². The Kier molecular flexibility index (Phi) is 5.27. The third kappa shape index (κ3) is 4.50. The van der Waals surface area contributed by atoms with Gasteiger partial charge in [0.05, 0.1) is 0 Å². The third-order valence-electron chi connectivity index (χ3n) is 5.03. The van der Waals surface area contributed by atoms with E-state index in [0.29, 0.717) is 36.2 Å². The van der Waals surface area contributed by atoms with Crippen molar-refractivity contribution in [2.45, 2.75) is 12.8 Å². The monoisotopic (exact) mass is 421 g/mol. The van der Waals surface area contributed by atoms with Crippen molar-refractivity contribution >= 4 is 22.5 Å². The molecule has 30 heavy (non-hydrogen) atoms. The first kappa shape index (κ1) is 20.1. The molecule has 1 fully saturated rings. The van der Waals surface area contributed by atoms with Crippen molar-refractivity contribution in [2.24, 2.45) is 0 Å². The van der Waals surface area contributed by atoms with Gasteiger partial charge in [-0.2, -0.15) is 0 Å². The molecule has 0 spiro atoms. The lowest BCUT2D eigenvalue weighted by Crippen LogP contribution is -2.35. The van der Waals surface area contributed by atoms with Gasteiger partial charge in [-0.1, -0.05) is 0 Å². The van der Waals surface area contributed by atoms with Crippen LogP contribution in [0.5, 0.6) is 5.75 Å². The van der Waals surface area contributed by atoms with Crippen LogP contribution in [-0.2, 0) is 0 Å². The summed E-state index contributed by atoms with van der Waals surface area (Å²) in [4.78, 5) is 19.6. The maximum atomic E-state index is 13.1. The van der Waals surface area contributed by atoms with Crippen LogP contribution in [0.2, 0.25) is 0 Å². The molecule has 0 radical (unpaired) electrons. The number of amides is 1. The van der Waals surface area contributed by atoms with Gasteiger partial charge in [0.25, 0.3) is 5.91 Å². The Morgan fingerprint density at radius 1 is 0.967 bits per heavy atom. The highest BCUT2D eigenvalue weighted by molar-refractivity contribution is 5.98. The van der Waals surface area contributed by atoms with Crippen LogP contribution < -0.4 is 9.64 Å².